The number of nitriles is 1. The Balaban J connectivity index is 1.27. The van der Waals surface area contributed by atoms with Crippen LogP contribution in [0.15, 0.2) is 12.1 Å². The minimum Gasteiger partial charge on any atom is -0.461 e. The summed E-state index contributed by atoms with van der Waals surface area (Å²) in [6.07, 6.45) is 2.44. The van der Waals surface area contributed by atoms with Gasteiger partial charge in [-0.05, 0) is 61.1 Å². The lowest BCUT2D eigenvalue weighted by Crippen LogP contribution is -2.68. The second kappa shape index (κ2) is 9.93. The van der Waals surface area contributed by atoms with E-state index < -0.39 is 12.0 Å². The molecule has 4 aromatic rings. The average Bonchev–Trinajstić information content (AvgIpc) is 3.79. The van der Waals surface area contributed by atoms with Crippen LogP contribution in [0.3, 0.4) is 0 Å². The number of hydrogen-bond acceptors (Lipinski definition) is 10. The molecule has 2 aromatic carbocycles. The lowest BCUT2D eigenvalue weighted by atomic mass is 9.86. The molecule has 9 nitrogen and oxygen atoms in total. The van der Waals surface area contributed by atoms with Crippen molar-refractivity contribution in [2.75, 3.05) is 43.4 Å². The zero-order chi connectivity index (χ0) is 30.6. The molecule has 4 fully saturated rings. The van der Waals surface area contributed by atoms with Crippen LogP contribution in [0.5, 0.6) is 6.01 Å². The van der Waals surface area contributed by atoms with E-state index in [9.17, 15) is 9.65 Å². The molecule has 0 amide bonds. The minimum absolute atomic E-state index is 0.107. The van der Waals surface area contributed by atoms with Crippen LogP contribution in [0, 0.1) is 24.1 Å². The van der Waals surface area contributed by atoms with Crippen LogP contribution in [0.25, 0.3) is 32.1 Å². The van der Waals surface area contributed by atoms with Gasteiger partial charge >= 0.3 is 6.01 Å². The highest BCUT2D eigenvalue weighted by atomic mass is 32.1. The maximum Gasteiger partial charge on any atom is 0.319 e. The number of halogens is 2. The number of nitrogens with two attached hydrogens (primary N) is 1. The molecule has 4 saturated heterocycles. The Morgan fingerprint density at radius 3 is 2.82 bits per heavy atom. The monoisotopic (exact) mass is 629 g/mol. The fraction of sp³-hybridized carbons (Fsp3) is 0.485. The Bertz CT molecular complexity index is 1950. The van der Waals surface area contributed by atoms with Crippen molar-refractivity contribution >= 4 is 43.1 Å². The second-order valence-corrected chi connectivity index (χ2v) is 14.3. The summed E-state index contributed by atoms with van der Waals surface area (Å²) in [5, 5.41) is 15.3. The number of ether oxygens (including phenoxy) is 2. The highest BCUT2D eigenvalue weighted by Gasteiger charge is 2.50. The number of benzene rings is 2. The molecule has 45 heavy (non-hydrogen) atoms. The zero-order valence-corrected chi connectivity index (χ0v) is 25.8. The Hall–Kier alpha value is -3.63. The van der Waals surface area contributed by atoms with Crippen molar-refractivity contribution in [3.05, 3.63) is 40.2 Å². The Labute approximate surface area is 262 Å². The fourth-order valence-electron chi connectivity index (χ4n) is 8.73. The first-order valence-corrected chi connectivity index (χ1v) is 16.5. The number of piperidine rings is 1. The predicted molar refractivity (Wildman–Crippen MR) is 169 cm³/mol. The third-order valence-electron chi connectivity index (χ3n) is 10.8. The number of nitrogens with zero attached hydrogens (tertiary/aromatic N) is 5. The van der Waals surface area contributed by atoms with E-state index in [1.54, 1.807) is 0 Å². The van der Waals surface area contributed by atoms with E-state index in [4.69, 9.17) is 25.2 Å². The number of hydrogen-bond donors (Lipinski definition) is 2. The minimum atomic E-state index is -0.882. The van der Waals surface area contributed by atoms with Gasteiger partial charge in [0, 0.05) is 53.8 Å². The number of nitrogen functional groups attached to an aromatic ring is 1. The topological polar surface area (TPSA) is 113 Å². The summed E-state index contributed by atoms with van der Waals surface area (Å²) in [4.78, 5) is 14.2. The van der Waals surface area contributed by atoms with Crippen LogP contribution in [0.4, 0.5) is 19.6 Å². The smallest absolute Gasteiger partial charge is 0.319 e. The van der Waals surface area contributed by atoms with Crippen molar-refractivity contribution in [3.63, 3.8) is 0 Å². The maximum absolute atomic E-state index is 17.4. The summed E-state index contributed by atoms with van der Waals surface area (Å²) in [6, 6.07) is 6.73. The van der Waals surface area contributed by atoms with Gasteiger partial charge in [0.05, 0.1) is 29.7 Å². The summed E-state index contributed by atoms with van der Waals surface area (Å²) < 4.78 is 45.1. The molecule has 2 aromatic heterocycles. The van der Waals surface area contributed by atoms with Crippen LogP contribution >= 0.6 is 11.3 Å². The van der Waals surface area contributed by atoms with Gasteiger partial charge in [-0.25, -0.2) is 8.78 Å². The van der Waals surface area contributed by atoms with Crippen molar-refractivity contribution in [2.45, 2.75) is 69.6 Å². The van der Waals surface area contributed by atoms with Crippen LogP contribution in [0.1, 0.15) is 47.9 Å². The average molecular weight is 630 g/mol. The number of aromatic nitrogens is 2. The first-order chi connectivity index (χ1) is 21.9. The van der Waals surface area contributed by atoms with Crippen molar-refractivity contribution in [1.29, 1.82) is 5.26 Å². The first kappa shape index (κ1) is 27.7. The molecular weight excluding hydrogens is 596 g/mol. The van der Waals surface area contributed by atoms with E-state index in [1.165, 1.54) is 11.3 Å². The number of fused-ring (bicyclic) bond motifs is 7. The van der Waals surface area contributed by atoms with E-state index in [0.29, 0.717) is 57.9 Å². The lowest BCUT2D eigenvalue weighted by Gasteiger charge is -2.54. The number of piperazine rings is 1. The van der Waals surface area contributed by atoms with Gasteiger partial charge in [-0.1, -0.05) is 6.07 Å². The van der Waals surface area contributed by atoms with E-state index >= 15 is 4.39 Å². The first-order valence-electron chi connectivity index (χ1n) is 15.7. The van der Waals surface area contributed by atoms with Crippen molar-refractivity contribution in [2.24, 2.45) is 0 Å². The van der Waals surface area contributed by atoms with Gasteiger partial charge in [0.1, 0.15) is 35.2 Å². The fourth-order valence-corrected chi connectivity index (χ4v) is 9.65. The van der Waals surface area contributed by atoms with Crippen LogP contribution < -0.4 is 20.7 Å². The molecule has 5 aliphatic heterocycles. The normalized spacial score (nSPS) is 27.2. The van der Waals surface area contributed by atoms with Crippen molar-refractivity contribution in [1.82, 2.24) is 20.2 Å². The van der Waals surface area contributed by atoms with Crippen LogP contribution in [0.2, 0.25) is 0 Å². The van der Waals surface area contributed by atoms with E-state index in [2.05, 4.69) is 21.2 Å². The van der Waals surface area contributed by atoms with Crippen LogP contribution in [-0.4, -0.2) is 71.4 Å². The molecule has 12 heteroatoms. The maximum atomic E-state index is 17.4. The van der Waals surface area contributed by atoms with Gasteiger partial charge in [-0.3, -0.25) is 4.90 Å². The summed E-state index contributed by atoms with van der Waals surface area (Å²) in [6.45, 7) is 5.65. The molecule has 3 unspecified atom stereocenters. The van der Waals surface area contributed by atoms with E-state index in [0.717, 1.165) is 60.3 Å². The summed E-state index contributed by atoms with van der Waals surface area (Å²) in [7, 11) is 0. The van der Waals surface area contributed by atoms with E-state index in [-0.39, 0.29) is 42.4 Å². The van der Waals surface area contributed by atoms with Gasteiger partial charge in [-0.2, -0.15) is 15.2 Å². The zero-order valence-electron chi connectivity index (χ0n) is 25.0. The molecule has 0 spiro atoms. The summed E-state index contributed by atoms with van der Waals surface area (Å²) in [5.41, 5.74) is 9.93. The Morgan fingerprint density at radius 2 is 2.02 bits per heavy atom. The number of aryl methyl sites for hydroxylation is 1. The Morgan fingerprint density at radius 1 is 1.20 bits per heavy atom. The molecule has 5 aliphatic rings. The number of thiophene rings is 1. The number of rotatable bonds is 5. The molecular formula is C33H33F2N7O2S. The summed E-state index contributed by atoms with van der Waals surface area (Å²) in [5.74, 6) is 0.189. The van der Waals surface area contributed by atoms with Crippen molar-refractivity contribution in [3.8, 4) is 23.2 Å². The molecule has 9 rings (SSSR count). The Kier molecular flexibility index (Phi) is 6.11. The predicted octanol–water partition coefficient (Wildman–Crippen LogP) is 4.95. The third-order valence-corrected chi connectivity index (χ3v) is 11.8. The van der Waals surface area contributed by atoms with E-state index in [1.807, 2.05) is 19.1 Å². The molecule has 2 bridgehead atoms. The highest BCUT2D eigenvalue weighted by molar-refractivity contribution is 7.23. The number of anilines is 2. The van der Waals surface area contributed by atoms with Gasteiger partial charge in [-0.15, -0.1) is 11.3 Å². The van der Waals surface area contributed by atoms with Gasteiger partial charge < -0.3 is 25.4 Å². The highest BCUT2D eigenvalue weighted by Crippen LogP contribution is 2.49. The van der Waals surface area contributed by atoms with Gasteiger partial charge in [0.25, 0.3) is 0 Å². The SMILES string of the molecule is Cc1ccc2sc(N)c(C#N)c2c1-c1c2c(c3c(N4C5CNCC4C5)nc(OC[C@@]45CCCN4CC(F)C5)nc3c1F)COC2. The number of nitrogens with one attached hydrogen (secondary N) is 1. The largest absolute Gasteiger partial charge is 0.461 e. The second-order valence-electron chi connectivity index (χ2n) is 13.2. The molecule has 0 saturated carbocycles. The molecule has 4 atom stereocenters. The third kappa shape index (κ3) is 3.91. The van der Waals surface area contributed by atoms with Gasteiger partial charge in [0.15, 0.2) is 5.82 Å². The number of alkyl halides is 1. The molecule has 232 valence electrons. The molecule has 3 N–H and O–H groups in total. The van der Waals surface area contributed by atoms with Crippen LogP contribution in [-0.2, 0) is 18.0 Å². The molecule has 0 aliphatic carbocycles. The molecule has 0 radical (unpaired) electrons. The lowest BCUT2D eigenvalue weighted by molar-refractivity contribution is 0.107. The quantitative estimate of drug-likeness (QED) is 0.317. The van der Waals surface area contributed by atoms with Gasteiger partial charge in [0.2, 0.25) is 0 Å². The standard InChI is InChI=1S/C33H33F2N7O2S/c1-16-3-4-23-25(20(9-36)30(37)45-23)24(16)26-21-13-43-14-22(21)27-29(28(26)35)39-32(40-31(27)42-18-7-19(42)11-38-10-18)44-15-33-5-2-6-41(33)12-17(34)8-33/h3-4,17-19,38H,2,5-8,10-15,37H2,1H3/t17?,18?,19?,33-/m0/s1. The summed E-state index contributed by atoms with van der Waals surface area (Å²) >= 11 is 1.33. The van der Waals surface area contributed by atoms with Crippen molar-refractivity contribution < 1.29 is 18.3 Å². The molecule has 7 heterocycles.